The lowest BCUT2D eigenvalue weighted by Crippen LogP contribution is -2.30. The van der Waals surface area contributed by atoms with E-state index < -0.39 is 18.0 Å². The number of benzene rings is 2. The molecule has 6 nitrogen and oxygen atoms in total. The Balaban J connectivity index is 1.68. The molecule has 2 aromatic carbocycles. The maximum Gasteiger partial charge on any atom is 0.338 e. The summed E-state index contributed by atoms with van der Waals surface area (Å²) in [5.74, 6) is -0.774. The highest BCUT2D eigenvalue weighted by Crippen LogP contribution is 2.32. The van der Waals surface area contributed by atoms with Crippen molar-refractivity contribution in [3.63, 3.8) is 0 Å². The summed E-state index contributed by atoms with van der Waals surface area (Å²) in [7, 11) is 0. The fourth-order valence-electron chi connectivity index (χ4n) is 3.09. The third kappa shape index (κ3) is 4.36. The normalized spacial score (nSPS) is 13.9. The Morgan fingerprint density at radius 1 is 1.14 bits per heavy atom. The summed E-state index contributed by atoms with van der Waals surface area (Å²) >= 11 is 1.41. The van der Waals surface area contributed by atoms with Gasteiger partial charge in [-0.05, 0) is 57.0 Å². The number of carbonyl (C=O) groups is 3. The predicted molar refractivity (Wildman–Crippen MR) is 110 cm³/mol. The quantitative estimate of drug-likeness (QED) is 0.765. The van der Waals surface area contributed by atoms with Gasteiger partial charge in [0.1, 0.15) is 0 Å². The Hall–Kier alpha value is -2.80. The van der Waals surface area contributed by atoms with E-state index in [4.69, 9.17) is 4.74 Å². The number of ether oxygens (including phenoxy) is 1. The number of aryl methyl sites for hydroxylation is 3. The molecule has 0 unspecified atom stereocenters. The maximum atomic E-state index is 12.5. The minimum atomic E-state index is -0.965. The molecule has 2 amide bonds. The molecule has 3 rings (SSSR count). The second-order valence-electron chi connectivity index (χ2n) is 6.86. The Kier molecular flexibility index (Phi) is 5.74. The molecule has 1 heterocycles. The van der Waals surface area contributed by atoms with Crippen LogP contribution in [-0.2, 0) is 14.3 Å². The van der Waals surface area contributed by atoms with E-state index in [9.17, 15) is 14.4 Å². The van der Waals surface area contributed by atoms with Gasteiger partial charge in [0, 0.05) is 10.6 Å². The van der Waals surface area contributed by atoms with Crippen LogP contribution in [0.1, 0.15) is 34.0 Å². The summed E-state index contributed by atoms with van der Waals surface area (Å²) in [6.07, 6.45) is -0.965. The molecule has 0 aromatic heterocycles. The van der Waals surface area contributed by atoms with Gasteiger partial charge in [0.05, 0.1) is 17.0 Å². The number of amides is 2. The minimum Gasteiger partial charge on any atom is -0.449 e. The van der Waals surface area contributed by atoms with Gasteiger partial charge in [-0.3, -0.25) is 9.59 Å². The van der Waals surface area contributed by atoms with Crippen molar-refractivity contribution >= 4 is 40.9 Å². The number of esters is 1. The Morgan fingerprint density at radius 2 is 1.82 bits per heavy atom. The van der Waals surface area contributed by atoms with Crippen molar-refractivity contribution < 1.29 is 19.1 Å². The zero-order valence-electron chi connectivity index (χ0n) is 16.2. The first-order valence-corrected chi connectivity index (χ1v) is 9.89. The second kappa shape index (κ2) is 8.06. The topological polar surface area (TPSA) is 84.5 Å². The number of anilines is 2. The molecule has 0 spiro atoms. The van der Waals surface area contributed by atoms with Crippen LogP contribution in [0.4, 0.5) is 11.4 Å². The highest BCUT2D eigenvalue weighted by molar-refractivity contribution is 8.00. The number of hydrogen-bond acceptors (Lipinski definition) is 5. The van der Waals surface area contributed by atoms with Gasteiger partial charge in [0.25, 0.3) is 5.91 Å². The maximum absolute atomic E-state index is 12.5. The molecule has 0 aliphatic carbocycles. The molecule has 28 heavy (non-hydrogen) atoms. The fourth-order valence-corrected chi connectivity index (χ4v) is 3.88. The van der Waals surface area contributed by atoms with Gasteiger partial charge in [-0.2, -0.15) is 0 Å². The van der Waals surface area contributed by atoms with Crippen molar-refractivity contribution in [3.05, 3.63) is 52.6 Å². The van der Waals surface area contributed by atoms with Gasteiger partial charge < -0.3 is 15.4 Å². The number of carbonyl (C=O) groups excluding carboxylic acids is 3. The summed E-state index contributed by atoms with van der Waals surface area (Å²) in [6, 6.07) is 8.93. The molecule has 1 atom stereocenters. The van der Waals surface area contributed by atoms with Crippen LogP contribution in [0.25, 0.3) is 0 Å². The number of thioether (sulfide) groups is 1. The second-order valence-corrected chi connectivity index (χ2v) is 7.88. The fraction of sp³-hybridized carbons (Fsp3) is 0.286. The molecule has 0 saturated heterocycles. The Bertz CT molecular complexity index is 948. The van der Waals surface area contributed by atoms with E-state index >= 15 is 0 Å². The monoisotopic (exact) mass is 398 g/mol. The van der Waals surface area contributed by atoms with E-state index in [1.807, 2.05) is 32.9 Å². The third-order valence-corrected chi connectivity index (χ3v) is 5.50. The first-order chi connectivity index (χ1) is 13.2. The van der Waals surface area contributed by atoms with E-state index in [2.05, 4.69) is 10.6 Å². The zero-order valence-corrected chi connectivity index (χ0v) is 17.0. The third-order valence-electron chi connectivity index (χ3n) is 4.43. The van der Waals surface area contributed by atoms with Crippen LogP contribution in [0.15, 0.2) is 35.2 Å². The molecule has 146 valence electrons. The molecule has 1 aliphatic rings. The van der Waals surface area contributed by atoms with Crippen LogP contribution < -0.4 is 10.6 Å². The minimum absolute atomic E-state index is 0.111. The zero-order chi connectivity index (χ0) is 20.4. The van der Waals surface area contributed by atoms with E-state index in [0.717, 1.165) is 27.3 Å². The molecule has 0 fully saturated rings. The molecule has 0 radical (unpaired) electrons. The van der Waals surface area contributed by atoms with Crippen LogP contribution in [0.5, 0.6) is 0 Å². The lowest BCUT2D eigenvalue weighted by Gasteiger charge is -2.18. The van der Waals surface area contributed by atoms with Gasteiger partial charge in [0.15, 0.2) is 6.10 Å². The summed E-state index contributed by atoms with van der Waals surface area (Å²) in [5.41, 5.74) is 4.61. The number of hydrogen-bond donors (Lipinski definition) is 2. The van der Waals surface area contributed by atoms with Crippen LogP contribution in [-0.4, -0.2) is 29.6 Å². The van der Waals surface area contributed by atoms with Crippen LogP contribution >= 0.6 is 11.8 Å². The predicted octanol–water partition coefficient (Wildman–Crippen LogP) is 3.84. The first kappa shape index (κ1) is 19.9. The summed E-state index contributed by atoms with van der Waals surface area (Å²) in [4.78, 5) is 37.3. The van der Waals surface area contributed by atoms with Gasteiger partial charge in [0.2, 0.25) is 5.91 Å². The van der Waals surface area contributed by atoms with Crippen molar-refractivity contribution in [2.45, 2.75) is 38.7 Å². The summed E-state index contributed by atoms with van der Waals surface area (Å²) < 4.78 is 5.32. The van der Waals surface area contributed by atoms with Crippen LogP contribution in [0, 0.1) is 20.8 Å². The Morgan fingerprint density at radius 3 is 2.50 bits per heavy atom. The van der Waals surface area contributed by atoms with Crippen LogP contribution in [0.2, 0.25) is 0 Å². The molecule has 7 heteroatoms. The molecule has 2 N–H and O–H groups in total. The van der Waals surface area contributed by atoms with Gasteiger partial charge >= 0.3 is 5.97 Å². The average molecular weight is 398 g/mol. The lowest BCUT2D eigenvalue weighted by atomic mass is 10.0. The highest BCUT2D eigenvalue weighted by atomic mass is 32.2. The molecule has 1 aliphatic heterocycles. The number of rotatable bonds is 4. The van der Waals surface area contributed by atoms with E-state index in [1.165, 1.54) is 18.7 Å². The van der Waals surface area contributed by atoms with Crippen molar-refractivity contribution in [2.75, 3.05) is 16.4 Å². The molecule has 0 saturated carbocycles. The first-order valence-electron chi connectivity index (χ1n) is 8.91. The van der Waals surface area contributed by atoms with Gasteiger partial charge in [-0.25, -0.2) is 4.79 Å². The van der Waals surface area contributed by atoms with Crippen molar-refractivity contribution in [3.8, 4) is 0 Å². The van der Waals surface area contributed by atoms with E-state index in [0.29, 0.717) is 11.4 Å². The molecular formula is C21H22N2O4S. The summed E-state index contributed by atoms with van der Waals surface area (Å²) in [6.45, 7) is 7.37. The van der Waals surface area contributed by atoms with Gasteiger partial charge in [-0.15, -0.1) is 11.8 Å². The van der Waals surface area contributed by atoms with Crippen molar-refractivity contribution in [1.29, 1.82) is 0 Å². The van der Waals surface area contributed by atoms with Crippen molar-refractivity contribution in [2.24, 2.45) is 0 Å². The molecular weight excluding hydrogens is 376 g/mol. The SMILES string of the molecule is Cc1cc(C)c(NC(=O)[C@H](C)OC(=O)c2ccc3c(c2)NC(=O)CS3)c(C)c1. The Labute approximate surface area is 168 Å². The average Bonchev–Trinajstić information content (AvgIpc) is 2.63. The van der Waals surface area contributed by atoms with Crippen molar-refractivity contribution in [1.82, 2.24) is 0 Å². The van der Waals surface area contributed by atoms with E-state index in [-0.39, 0.29) is 11.5 Å². The highest BCUT2D eigenvalue weighted by Gasteiger charge is 2.22. The van der Waals surface area contributed by atoms with Crippen LogP contribution in [0.3, 0.4) is 0 Å². The lowest BCUT2D eigenvalue weighted by molar-refractivity contribution is -0.123. The summed E-state index contributed by atoms with van der Waals surface area (Å²) in [5, 5.41) is 5.58. The number of nitrogens with one attached hydrogen (secondary N) is 2. The van der Waals surface area contributed by atoms with E-state index in [1.54, 1.807) is 18.2 Å². The molecule has 0 bridgehead atoms. The molecule has 2 aromatic rings. The standard InChI is InChI=1S/C21H22N2O4S/c1-11-7-12(2)19(13(3)8-11)23-20(25)14(4)27-21(26)15-5-6-17-16(9-15)22-18(24)10-28-17/h5-9,14H,10H2,1-4H3,(H,22,24)(H,23,25)/t14-/m0/s1. The van der Waals surface area contributed by atoms with Gasteiger partial charge in [-0.1, -0.05) is 17.7 Å². The number of fused-ring (bicyclic) bond motifs is 1. The largest absolute Gasteiger partial charge is 0.449 e. The smallest absolute Gasteiger partial charge is 0.338 e.